The number of nitrogens with one attached hydrogen (secondary N) is 1. The van der Waals surface area contributed by atoms with Crippen molar-refractivity contribution < 1.29 is 8.42 Å². The fourth-order valence-electron chi connectivity index (χ4n) is 1.71. The van der Waals surface area contributed by atoms with Crippen LogP contribution in [0.1, 0.15) is 11.3 Å². The third-order valence-electron chi connectivity index (χ3n) is 2.78. The lowest BCUT2D eigenvalue weighted by atomic mass is 10.1. The molecule has 1 heterocycles. The first kappa shape index (κ1) is 14.9. The summed E-state index contributed by atoms with van der Waals surface area (Å²) < 4.78 is 22.3. The molecule has 0 bridgehead atoms. The minimum absolute atomic E-state index is 0.127. The molecule has 2 rings (SSSR count). The maximum absolute atomic E-state index is 11.1. The van der Waals surface area contributed by atoms with E-state index < -0.39 is 9.84 Å². The second kappa shape index (κ2) is 6.33. The zero-order valence-corrected chi connectivity index (χ0v) is 12.3. The molecule has 0 spiro atoms. The second-order valence-corrected chi connectivity index (χ2v) is 6.83. The first-order valence-electron chi connectivity index (χ1n) is 6.23. The Hall–Kier alpha value is -2.46. The lowest BCUT2D eigenvalue weighted by molar-refractivity contribution is 0.601. The number of nitrogens with zero attached hydrogens (tertiary/aromatic N) is 3. The maximum Gasteiger partial charge on any atom is 0.183 e. The number of rotatable bonds is 5. The molecular formula is C14H14N4O2S. The summed E-state index contributed by atoms with van der Waals surface area (Å²) in [5.41, 5.74) is 1.92. The summed E-state index contributed by atoms with van der Waals surface area (Å²) in [4.78, 5) is 7.97. The van der Waals surface area contributed by atoms with E-state index in [9.17, 15) is 8.42 Å². The molecule has 7 heteroatoms. The lowest BCUT2D eigenvalue weighted by Crippen LogP contribution is -2.05. The number of aromatic nitrogens is 2. The van der Waals surface area contributed by atoms with Crippen molar-refractivity contribution in [1.82, 2.24) is 9.97 Å². The van der Waals surface area contributed by atoms with Gasteiger partial charge in [-0.15, -0.1) is 0 Å². The van der Waals surface area contributed by atoms with E-state index in [1.807, 2.05) is 30.3 Å². The molecule has 6 nitrogen and oxygen atoms in total. The monoisotopic (exact) mass is 302 g/mol. The summed E-state index contributed by atoms with van der Waals surface area (Å²) in [5, 5.41) is 11.9. The van der Waals surface area contributed by atoms with Crippen molar-refractivity contribution in [3.8, 4) is 6.07 Å². The Labute approximate surface area is 123 Å². The summed E-state index contributed by atoms with van der Waals surface area (Å²) in [6.07, 6.45) is 4.66. The van der Waals surface area contributed by atoms with Crippen LogP contribution in [0, 0.1) is 11.3 Å². The van der Waals surface area contributed by atoms with E-state index in [1.54, 1.807) is 0 Å². The number of aryl methyl sites for hydroxylation is 1. The molecule has 0 amide bonds. The highest BCUT2D eigenvalue weighted by Gasteiger charge is 2.05. The first-order valence-corrected chi connectivity index (χ1v) is 8.29. The number of anilines is 2. The van der Waals surface area contributed by atoms with Crippen LogP contribution in [0.15, 0.2) is 36.7 Å². The Morgan fingerprint density at radius 1 is 1.19 bits per heavy atom. The Bertz CT molecular complexity index is 764. The van der Waals surface area contributed by atoms with Gasteiger partial charge in [-0.25, -0.2) is 18.4 Å². The SMILES string of the molecule is CS(=O)(=O)CCc1ccc(Nc2nccnc2C#N)cc1. The topological polar surface area (TPSA) is 95.7 Å². The van der Waals surface area contributed by atoms with Gasteiger partial charge in [0.1, 0.15) is 15.9 Å². The van der Waals surface area contributed by atoms with Crippen molar-refractivity contribution in [3.63, 3.8) is 0 Å². The molecule has 21 heavy (non-hydrogen) atoms. The molecule has 0 aliphatic heterocycles. The van der Waals surface area contributed by atoms with Crippen LogP contribution in [0.3, 0.4) is 0 Å². The van der Waals surface area contributed by atoms with Crippen molar-refractivity contribution >= 4 is 21.3 Å². The number of sulfone groups is 1. The minimum Gasteiger partial charge on any atom is -0.338 e. The van der Waals surface area contributed by atoms with Crippen molar-refractivity contribution in [2.75, 3.05) is 17.3 Å². The van der Waals surface area contributed by atoms with E-state index in [-0.39, 0.29) is 11.4 Å². The number of benzene rings is 1. The third kappa shape index (κ3) is 4.54. The van der Waals surface area contributed by atoms with Gasteiger partial charge in [-0.3, -0.25) is 0 Å². The molecule has 0 aliphatic carbocycles. The van der Waals surface area contributed by atoms with Gasteiger partial charge in [0.2, 0.25) is 0 Å². The summed E-state index contributed by atoms with van der Waals surface area (Å²) in [5.74, 6) is 0.520. The smallest absolute Gasteiger partial charge is 0.183 e. The minimum atomic E-state index is -2.96. The van der Waals surface area contributed by atoms with Gasteiger partial charge in [-0.2, -0.15) is 5.26 Å². The summed E-state index contributed by atoms with van der Waals surface area (Å²) >= 11 is 0. The van der Waals surface area contributed by atoms with E-state index in [2.05, 4.69) is 15.3 Å². The Kier molecular flexibility index (Phi) is 4.50. The Morgan fingerprint density at radius 3 is 2.48 bits per heavy atom. The van der Waals surface area contributed by atoms with E-state index in [0.29, 0.717) is 12.2 Å². The molecule has 1 aromatic carbocycles. The first-order chi connectivity index (χ1) is 9.98. The predicted octanol–water partition coefficient (Wildman–Crippen LogP) is 1.68. The molecule has 108 valence electrons. The van der Waals surface area contributed by atoms with E-state index in [1.165, 1.54) is 18.6 Å². The molecule has 0 atom stereocenters. The van der Waals surface area contributed by atoms with Crippen LogP contribution >= 0.6 is 0 Å². The summed E-state index contributed by atoms with van der Waals surface area (Å²) in [6.45, 7) is 0. The molecule has 1 N–H and O–H groups in total. The zero-order valence-electron chi connectivity index (χ0n) is 11.4. The maximum atomic E-state index is 11.1. The molecule has 0 radical (unpaired) electrons. The van der Waals surface area contributed by atoms with Crippen LogP contribution < -0.4 is 5.32 Å². The van der Waals surface area contributed by atoms with Gasteiger partial charge in [0, 0.05) is 24.3 Å². The normalized spacial score (nSPS) is 10.9. The van der Waals surface area contributed by atoms with Crippen LogP contribution in [0.25, 0.3) is 0 Å². The van der Waals surface area contributed by atoms with Crippen LogP contribution in [0.4, 0.5) is 11.5 Å². The quantitative estimate of drug-likeness (QED) is 0.902. The molecule has 0 saturated heterocycles. The number of nitriles is 1. The Morgan fingerprint density at radius 2 is 1.86 bits per heavy atom. The lowest BCUT2D eigenvalue weighted by Gasteiger charge is -2.07. The molecule has 0 saturated carbocycles. The molecule has 0 fully saturated rings. The zero-order chi connectivity index (χ0) is 15.3. The van der Waals surface area contributed by atoms with Crippen molar-refractivity contribution in [1.29, 1.82) is 5.26 Å². The Balaban J connectivity index is 2.08. The molecule has 0 aliphatic rings. The highest BCUT2D eigenvalue weighted by molar-refractivity contribution is 7.90. The summed E-state index contributed by atoms with van der Waals surface area (Å²) in [7, 11) is -2.96. The van der Waals surface area contributed by atoms with Crippen LogP contribution in [-0.2, 0) is 16.3 Å². The molecular weight excluding hydrogens is 288 g/mol. The fourth-order valence-corrected chi connectivity index (χ4v) is 2.31. The standard InChI is InChI=1S/C14H14N4O2S/c1-21(19,20)9-6-11-2-4-12(5-3-11)18-14-13(10-15)16-7-8-17-14/h2-5,7-8H,6,9H2,1H3,(H,17,18). The predicted molar refractivity (Wildman–Crippen MR) is 79.9 cm³/mol. The fraction of sp³-hybridized carbons (Fsp3) is 0.214. The number of hydrogen-bond donors (Lipinski definition) is 1. The van der Waals surface area contributed by atoms with E-state index in [0.717, 1.165) is 11.3 Å². The van der Waals surface area contributed by atoms with Gasteiger partial charge in [-0.1, -0.05) is 12.1 Å². The van der Waals surface area contributed by atoms with Crippen molar-refractivity contribution in [3.05, 3.63) is 47.9 Å². The average Bonchev–Trinajstić information content (AvgIpc) is 2.46. The third-order valence-corrected chi connectivity index (χ3v) is 3.73. The average molecular weight is 302 g/mol. The summed E-state index contributed by atoms with van der Waals surface area (Å²) in [6, 6.07) is 9.27. The van der Waals surface area contributed by atoms with Crippen LogP contribution in [-0.4, -0.2) is 30.4 Å². The highest BCUT2D eigenvalue weighted by Crippen LogP contribution is 2.17. The largest absolute Gasteiger partial charge is 0.338 e. The number of hydrogen-bond acceptors (Lipinski definition) is 6. The highest BCUT2D eigenvalue weighted by atomic mass is 32.2. The van der Waals surface area contributed by atoms with Gasteiger partial charge >= 0.3 is 0 Å². The van der Waals surface area contributed by atoms with E-state index >= 15 is 0 Å². The van der Waals surface area contributed by atoms with Gasteiger partial charge in [0.15, 0.2) is 11.5 Å². The molecule has 0 unspecified atom stereocenters. The van der Waals surface area contributed by atoms with Gasteiger partial charge in [0.05, 0.1) is 5.75 Å². The van der Waals surface area contributed by atoms with Gasteiger partial charge < -0.3 is 5.32 Å². The van der Waals surface area contributed by atoms with Crippen LogP contribution in [0.2, 0.25) is 0 Å². The molecule has 1 aromatic heterocycles. The van der Waals surface area contributed by atoms with Gasteiger partial charge in [-0.05, 0) is 24.1 Å². The van der Waals surface area contributed by atoms with Crippen molar-refractivity contribution in [2.45, 2.75) is 6.42 Å². The van der Waals surface area contributed by atoms with Crippen molar-refractivity contribution in [2.24, 2.45) is 0 Å². The van der Waals surface area contributed by atoms with Gasteiger partial charge in [0.25, 0.3) is 0 Å². The second-order valence-electron chi connectivity index (χ2n) is 4.57. The molecule has 2 aromatic rings. The van der Waals surface area contributed by atoms with E-state index in [4.69, 9.17) is 5.26 Å². The van der Waals surface area contributed by atoms with Crippen LogP contribution in [0.5, 0.6) is 0 Å².